The Labute approximate surface area is 109 Å². The number of aromatic amines is 1. The Morgan fingerprint density at radius 2 is 1.94 bits per heavy atom. The van der Waals surface area contributed by atoms with Crippen LogP contribution in [0.5, 0.6) is 5.75 Å². The summed E-state index contributed by atoms with van der Waals surface area (Å²) in [6, 6.07) is 6.22. The Balaban J connectivity index is 2.83. The minimum absolute atomic E-state index is 0.165. The molecule has 0 aliphatic rings. The maximum Gasteiger partial charge on any atom is 0.128 e. The number of rotatable bonds is 4. The van der Waals surface area contributed by atoms with Gasteiger partial charge in [-0.3, -0.25) is 0 Å². The number of nitrogens with one attached hydrogen (secondary N) is 1. The van der Waals surface area contributed by atoms with Crippen LogP contribution in [0, 0.1) is 0 Å². The number of aryl methyl sites for hydroxylation is 1. The van der Waals surface area contributed by atoms with Gasteiger partial charge in [0.15, 0.2) is 0 Å². The van der Waals surface area contributed by atoms with Crippen LogP contribution >= 0.6 is 0 Å². The summed E-state index contributed by atoms with van der Waals surface area (Å²) >= 11 is 0. The average Bonchev–Trinajstić information content (AvgIpc) is 2.77. The molecule has 2 nitrogen and oxygen atoms in total. The number of fused-ring (bicyclic) bond motifs is 1. The Morgan fingerprint density at radius 3 is 2.50 bits per heavy atom. The summed E-state index contributed by atoms with van der Waals surface area (Å²) in [6.45, 7) is 9.06. The lowest BCUT2D eigenvalue weighted by Crippen LogP contribution is -2.17. The van der Waals surface area contributed by atoms with E-state index in [0.29, 0.717) is 0 Å². The van der Waals surface area contributed by atoms with Crippen molar-refractivity contribution in [1.29, 1.82) is 0 Å². The molecule has 0 atom stereocenters. The van der Waals surface area contributed by atoms with E-state index in [4.69, 9.17) is 4.74 Å². The van der Waals surface area contributed by atoms with Crippen molar-refractivity contribution >= 4 is 10.9 Å². The summed E-state index contributed by atoms with van der Waals surface area (Å²) < 4.78 is 5.55. The van der Waals surface area contributed by atoms with Gasteiger partial charge in [0, 0.05) is 16.6 Å². The fraction of sp³-hybridized carbons (Fsp3) is 0.500. The number of methoxy groups -OCH3 is 1. The second-order valence-electron chi connectivity index (χ2n) is 5.45. The normalized spacial score (nSPS) is 12.1. The van der Waals surface area contributed by atoms with E-state index in [2.05, 4.69) is 38.7 Å². The van der Waals surface area contributed by atoms with Crippen molar-refractivity contribution < 1.29 is 4.74 Å². The SMILES string of the molecule is CCc1[nH]c2cccc(OC)c2c1C(C)(C)CC. The van der Waals surface area contributed by atoms with E-state index < -0.39 is 0 Å². The predicted molar refractivity (Wildman–Crippen MR) is 77.5 cm³/mol. The summed E-state index contributed by atoms with van der Waals surface area (Å²) in [4.78, 5) is 3.55. The van der Waals surface area contributed by atoms with E-state index in [1.165, 1.54) is 22.2 Å². The van der Waals surface area contributed by atoms with Gasteiger partial charge in [0.1, 0.15) is 5.75 Å². The fourth-order valence-electron chi connectivity index (χ4n) is 2.63. The minimum atomic E-state index is 0.165. The van der Waals surface area contributed by atoms with Gasteiger partial charge in [-0.1, -0.05) is 33.8 Å². The highest BCUT2D eigenvalue weighted by atomic mass is 16.5. The number of aromatic nitrogens is 1. The molecular formula is C16H23NO. The molecule has 18 heavy (non-hydrogen) atoms. The second kappa shape index (κ2) is 4.68. The van der Waals surface area contributed by atoms with Crippen LogP contribution in [-0.2, 0) is 11.8 Å². The van der Waals surface area contributed by atoms with E-state index in [0.717, 1.165) is 18.6 Å². The molecular weight excluding hydrogens is 222 g/mol. The lowest BCUT2D eigenvalue weighted by molar-refractivity contribution is 0.418. The molecule has 2 rings (SSSR count). The van der Waals surface area contributed by atoms with Crippen LogP contribution < -0.4 is 4.74 Å². The van der Waals surface area contributed by atoms with Gasteiger partial charge in [0.05, 0.1) is 7.11 Å². The topological polar surface area (TPSA) is 25.0 Å². The highest BCUT2D eigenvalue weighted by Crippen LogP contribution is 2.40. The maximum atomic E-state index is 5.55. The standard InChI is InChI=1S/C16H23NO/c1-6-11-15(16(3,4)7-2)14-12(17-11)9-8-10-13(14)18-5/h8-10,17H,6-7H2,1-5H3. The summed E-state index contributed by atoms with van der Waals surface area (Å²) in [5, 5.41) is 1.25. The van der Waals surface area contributed by atoms with Gasteiger partial charge in [-0.15, -0.1) is 0 Å². The van der Waals surface area contributed by atoms with Crippen LogP contribution in [0.25, 0.3) is 10.9 Å². The molecule has 0 radical (unpaired) electrons. The molecule has 0 fully saturated rings. The van der Waals surface area contributed by atoms with Gasteiger partial charge in [0.2, 0.25) is 0 Å². The first-order valence-electron chi connectivity index (χ1n) is 6.73. The van der Waals surface area contributed by atoms with Crippen molar-refractivity contribution in [2.24, 2.45) is 0 Å². The van der Waals surface area contributed by atoms with E-state index in [-0.39, 0.29) is 5.41 Å². The van der Waals surface area contributed by atoms with E-state index in [1.54, 1.807) is 7.11 Å². The van der Waals surface area contributed by atoms with E-state index in [1.807, 2.05) is 12.1 Å². The van der Waals surface area contributed by atoms with Crippen molar-refractivity contribution in [2.75, 3.05) is 7.11 Å². The van der Waals surface area contributed by atoms with Crippen molar-refractivity contribution in [3.05, 3.63) is 29.5 Å². The molecule has 98 valence electrons. The molecule has 0 spiro atoms. The van der Waals surface area contributed by atoms with Crippen LogP contribution in [0.2, 0.25) is 0 Å². The molecule has 0 bridgehead atoms. The third kappa shape index (κ3) is 1.90. The Bertz CT molecular complexity index is 551. The Hall–Kier alpha value is -1.44. The van der Waals surface area contributed by atoms with Crippen LogP contribution in [0.1, 0.15) is 45.4 Å². The molecule has 1 N–H and O–H groups in total. The number of hydrogen-bond donors (Lipinski definition) is 1. The third-order valence-corrected chi connectivity index (χ3v) is 4.00. The molecule has 2 aromatic rings. The highest BCUT2D eigenvalue weighted by molar-refractivity contribution is 5.91. The molecule has 0 aliphatic heterocycles. The molecule has 0 saturated heterocycles. The molecule has 0 amide bonds. The smallest absolute Gasteiger partial charge is 0.128 e. The van der Waals surface area contributed by atoms with Crippen LogP contribution in [0.3, 0.4) is 0 Å². The monoisotopic (exact) mass is 245 g/mol. The first-order valence-corrected chi connectivity index (χ1v) is 6.73. The highest BCUT2D eigenvalue weighted by Gasteiger charge is 2.27. The van der Waals surface area contributed by atoms with Gasteiger partial charge in [0.25, 0.3) is 0 Å². The fourth-order valence-corrected chi connectivity index (χ4v) is 2.63. The number of hydrogen-bond acceptors (Lipinski definition) is 1. The number of benzene rings is 1. The maximum absolute atomic E-state index is 5.55. The van der Waals surface area contributed by atoms with Gasteiger partial charge in [-0.25, -0.2) is 0 Å². The van der Waals surface area contributed by atoms with Crippen LogP contribution in [0.15, 0.2) is 18.2 Å². The first kappa shape index (κ1) is 13.0. The predicted octanol–water partition coefficient (Wildman–Crippen LogP) is 4.43. The second-order valence-corrected chi connectivity index (χ2v) is 5.45. The summed E-state index contributed by atoms with van der Waals surface area (Å²) in [5.74, 6) is 0.972. The van der Waals surface area contributed by atoms with Crippen molar-refractivity contribution in [3.63, 3.8) is 0 Å². The molecule has 0 unspecified atom stereocenters. The molecule has 1 heterocycles. The minimum Gasteiger partial charge on any atom is -0.496 e. The van der Waals surface area contributed by atoms with Gasteiger partial charge < -0.3 is 9.72 Å². The van der Waals surface area contributed by atoms with Gasteiger partial charge in [-0.05, 0) is 36.0 Å². The van der Waals surface area contributed by atoms with Crippen LogP contribution in [0.4, 0.5) is 0 Å². The largest absolute Gasteiger partial charge is 0.496 e. The molecule has 0 saturated carbocycles. The molecule has 1 aromatic carbocycles. The van der Waals surface area contributed by atoms with Crippen LogP contribution in [-0.4, -0.2) is 12.1 Å². The first-order chi connectivity index (χ1) is 8.55. The zero-order valence-corrected chi connectivity index (χ0v) is 12.1. The summed E-state index contributed by atoms with van der Waals surface area (Å²) in [6.07, 6.45) is 2.14. The lowest BCUT2D eigenvalue weighted by Gasteiger charge is -2.24. The average molecular weight is 245 g/mol. The van der Waals surface area contributed by atoms with Crippen molar-refractivity contribution in [1.82, 2.24) is 4.98 Å². The Morgan fingerprint density at radius 1 is 1.22 bits per heavy atom. The molecule has 0 aliphatic carbocycles. The van der Waals surface area contributed by atoms with Crippen molar-refractivity contribution in [3.8, 4) is 5.75 Å². The quantitative estimate of drug-likeness (QED) is 0.847. The molecule has 1 aromatic heterocycles. The molecule has 2 heteroatoms. The lowest BCUT2D eigenvalue weighted by atomic mass is 9.80. The summed E-state index contributed by atoms with van der Waals surface area (Å²) in [5.41, 5.74) is 4.10. The summed E-state index contributed by atoms with van der Waals surface area (Å²) in [7, 11) is 1.75. The van der Waals surface area contributed by atoms with Gasteiger partial charge in [-0.2, -0.15) is 0 Å². The third-order valence-electron chi connectivity index (χ3n) is 4.00. The van der Waals surface area contributed by atoms with Crippen molar-refractivity contribution in [2.45, 2.75) is 46.0 Å². The number of H-pyrrole nitrogens is 1. The Kier molecular flexibility index (Phi) is 3.38. The zero-order chi connectivity index (χ0) is 13.3. The van der Waals surface area contributed by atoms with Gasteiger partial charge >= 0.3 is 0 Å². The zero-order valence-electron chi connectivity index (χ0n) is 12.1. The van der Waals surface area contributed by atoms with E-state index >= 15 is 0 Å². The number of ether oxygens (including phenoxy) is 1. The van der Waals surface area contributed by atoms with E-state index in [9.17, 15) is 0 Å².